The van der Waals surface area contributed by atoms with Gasteiger partial charge in [0.1, 0.15) is 4.21 Å². The Morgan fingerprint density at radius 1 is 1.38 bits per heavy atom. The number of rotatable bonds is 4. The third-order valence-electron chi connectivity index (χ3n) is 3.23. The summed E-state index contributed by atoms with van der Waals surface area (Å²) in [5.74, 6) is -0.0130. The lowest BCUT2D eigenvalue weighted by Crippen LogP contribution is -2.51. The molecule has 1 atom stereocenters. The predicted octanol–water partition coefficient (Wildman–Crippen LogP) is 1.08. The molecule has 2 N–H and O–H groups in total. The van der Waals surface area contributed by atoms with E-state index in [0.717, 1.165) is 3.79 Å². The molecule has 1 fully saturated rings. The molecule has 1 amide bonds. The first-order valence-electron chi connectivity index (χ1n) is 6.59. The number of piperazine rings is 1. The number of carbonyl (C=O) groups excluding carboxylic acids is 1. The highest BCUT2D eigenvalue weighted by molar-refractivity contribution is 9.11. The average molecular weight is 396 g/mol. The van der Waals surface area contributed by atoms with Crippen molar-refractivity contribution in [1.82, 2.24) is 9.21 Å². The third-order valence-corrected chi connectivity index (χ3v) is 7.22. The van der Waals surface area contributed by atoms with Gasteiger partial charge in [-0.3, -0.25) is 4.79 Å². The van der Waals surface area contributed by atoms with Gasteiger partial charge in [0.05, 0.1) is 3.79 Å². The Kier molecular flexibility index (Phi) is 5.42. The van der Waals surface area contributed by atoms with E-state index in [2.05, 4.69) is 15.9 Å². The van der Waals surface area contributed by atoms with Crippen molar-refractivity contribution in [3.8, 4) is 0 Å². The Bertz CT molecular complexity index is 607. The Morgan fingerprint density at radius 2 is 2.00 bits per heavy atom. The molecule has 0 radical (unpaired) electrons. The summed E-state index contributed by atoms with van der Waals surface area (Å²) in [6, 6.07) is 3.14. The molecule has 0 bridgehead atoms. The number of amides is 1. The number of halogens is 1. The number of thiophene rings is 1. The highest BCUT2D eigenvalue weighted by Gasteiger charge is 2.31. The molecule has 1 unspecified atom stereocenters. The monoisotopic (exact) mass is 395 g/mol. The molecule has 1 aromatic heterocycles. The van der Waals surface area contributed by atoms with Crippen LogP contribution in [-0.2, 0) is 14.8 Å². The molecule has 9 heteroatoms. The molecule has 1 aliphatic rings. The average Bonchev–Trinajstić information content (AvgIpc) is 2.85. The number of carbonyl (C=O) groups is 1. The lowest BCUT2D eigenvalue weighted by Gasteiger charge is -2.34. The number of sulfonamides is 1. The van der Waals surface area contributed by atoms with Crippen molar-refractivity contribution in [1.29, 1.82) is 0 Å². The fourth-order valence-electron chi connectivity index (χ4n) is 2.15. The molecule has 2 rings (SSSR count). The normalized spacial score (nSPS) is 18.7. The van der Waals surface area contributed by atoms with Crippen LogP contribution in [0.3, 0.4) is 0 Å². The van der Waals surface area contributed by atoms with E-state index in [0.29, 0.717) is 36.8 Å². The molecule has 2 heterocycles. The van der Waals surface area contributed by atoms with Crippen LogP contribution >= 0.6 is 27.3 Å². The second-order valence-electron chi connectivity index (χ2n) is 5.02. The topological polar surface area (TPSA) is 83.7 Å². The summed E-state index contributed by atoms with van der Waals surface area (Å²) in [6.45, 7) is 3.26. The third kappa shape index (κ3) is 4.04. The summed E-state index contributed by atoms with van der Waals surface area (Å²) in [7, 11) is -3.45. The zero-order valence-electron chi connectivity index (χ0n) is 11.7. The largest absolute Gasteiger partial charge is 0.340 e. The van der Waals surface area contributed by atoms with E-state index < -0.39 is 10.0 Å². The molecule has 21 heavy (non-hydrogen) atoms. The fourth-order valence-corrected chi connectivity index (χ4v) is 5.73. The summed E-state index contributed by atoms with van der Waals surface area (Å²) in [4.78, 5) is 13.6. The minimum atomic E-state index is -3.45. The molecule has 0 aliphatic carbocycles. The summed E-state index contributed by atoms with van der Waals surface area (Å²) in [6.07, 6.45) is 0.296. The molecule has 6 nitrogen and oxygen atoms in total. The first-order chi connectivity index (χ1) is 9.80. The molecule has 1 aromatic rings. The van der Waals surface area contributed by atoms with E-state index in [4.69, 9.17) is 5.73 Å². The predicted molar refractivity (Wildman–Crippen MR) is 85.6 cm³/mol. The smallest absolute Gasteiger partial charge is 0.252 e. The first-order valence-corrected chi connectivity index (χ1v) is 9.64. The Morgan fingerprint density at radius 3 is 2.48 bits per heavy atom. The lowest BCUT2D eigenvalue weighted by molar-refractivity contribution is -0.132. The van der Waals surface area contributed by atoms with Gasteiger partial charge < -0.3 is 10.6 Å². The minimum Gasteiger partial charge on any atom is -0.340 e. The second-order valence-corrected chi connectivity index (χ2v) is 9.65. The Hall–Kier alpha value is -0.480. The van der Waals surface area contributed by atoms with Crippen molar-refractivity contribution < 1.29 is 13.2 Å². The van der Waals surface area contributed by atoms with Crippen molar-refractivity contribution in [2.24, 2.45) is 5.73 Å². The molecular formula is C12H18BrN3O3S2. The van der Waals surface area contributed by atoms with Crippen LogP contribution in [-0.4, -0.2) is 55.8 Å². The summed E-state index contributed by atoms with van der Waals surface area (Å²) in [5.41, 5.74) is 5.62. The van der Waals surface area contributed by atoms with Gasteiger partial charge in [-0.1, -0.05) is 0 Å². The SMILES string of the molecule is CC(N)CC(=O)N1CCN(S(=O)(=O)c2ccc(Br)s2)CC1. The quantitative estimate of drug-likeness (QED) is 0.826. The van der Waals surface area contributed by atoms with Crippen LogP contribution in [0.5, 0.6) is 0 Å². The van der Waals surface area contributed by atoms with Crippen LogP contribution in [0.25, 0.3) is 0 Å². The van der Waals surface area contributed by atoms with Crippen LogP contribution in [0, 0.1) is 0 Å². The fraction of sp³-hybridized carbons (Fsp3) is 0.583. The van der Waals surface area contributed by atoms with E-state index in [1.165, 1.54) is 15.6 Å². The van der Waals surface area contributed by atoms with E-state index in [1.807, 2.05) is 0 Å². The van der Waals surface area contributed by atoms with E-state index in [-0.39, 0.29) is 11.9 Å². The molecule has 0 aromatic carbocycles. The maximum Gasteiger partial charge on any atom is 0.252 e. The van der Waals surface area contributed by atoms with Gasteiger partial charge in [0.15, 0.2) is 0 Å². The van der Waals surface area contributed by atoms with Gasteiger partial charge in [-0.15, -0.1) is 11.3 Å². The first kappa shape index (κ1) is 16.9. The maximum atomic E-state index is 12.4. The second kappa shape index (κ2) is 6.74. The zero-order valence-corrected chi connectivity index (χ0v) is 14.9. The van der Waals surface area contributed by atoms with Crippen LogP contribution in [0.2, 0.25) is 0 Å². The van der Waals surface area contributed by atoms with Gasteiger partial charge in [-0.2, -0.15) is 4.31 Å². The summed E-state index contributed by atoms with van der Waals surface area (Å²) < 4.78 is 27.4. The van der Waals surface area contributed by atoms with Crippen molar-refractivity contribution in [3.05, 3.63) is 15.9 Å². The summed E-state index contributed by atoms with van der Waals surface area (Å²) in [5, 5.41) is 0. The van der Waals surface area contributed by atoms with Crippen LogP contribution in [0.1, 0.15) is 13.3 Å². The number of hydrogen-bond donors (Lipinski definition) is 1. The number of nitrogens with two attached hydrogens (primary N) is 1. The molecule has 0 spiro atoms. The summed E-state index contributed by atoms with van der Waals surface area (Å²) >= 11 is 4.46. The standard InChI is InChI=1S/C12H18BrN3O3S2/c1-9(14)8-11(17)15-4-6-16(7-5-15)21(18,19)12-3-2-10(13)20-12/h2-3,9H,4-8,14H2,1H3. The number of nitrogens with zero attached hydrogens (tertiary/aromatic N) is 2. The minimum absolute atomic E-state index is 0.0130. The van der Waals surface area contributed by atoms with Gasteiger partial charge in [0.25, 0.3) is 10.0 Å². The van der Waals surface area contributed by atoms with E-state index in [1.54, 1.807) is 24.0 Å². The van der Waals surface area contributed by atoms with Gasteiger partial charge in [0, 0.05) is 38.6 Å². The van der Waals surface area contributed by atoms with E-state index >= 15 is 0 Å². The van der Waals surface area contributed by atoms with Gasteiger partial charge in [0.2, 0.25) is 5.91 Å². The zero-order chi connectivity index (χ0) is 15.6. The van der Waals surface area contributed by atoms with Crippen LogP contribution in [0.15, 0.2) is 20.1 Å². The van der Waals surface area contributed by atoms with Crippen molar-refractivity contribution in [3.63, 3.8) is 0 Å². The molecule has 0 saturated carbocycles. The van der Waals surface area contributed by atoms with Gasteiger partial charge in [-0.25, -0.2) is 8.42 Å². The Balaban J connectivity index is 1.99. The highest BCUT2D eigenvalue weighted by atomic mass is 79.9. The maximum absolute atomic E-state index is 12.4. The molecule has 1 saturated heterocycles. The van der Waals surface area contributed by atoms with Gasteiger partial charge >= 0.3 is 0 Å². The van der Waals surface area contributed by atoms with Gasteiger partial charge in [-0.05, 0) is 35.0 Å². The highest BCUT2D eigenvalue weighted by Crippen LogP contribution is 2.28. The lowest BCUT2D eigenvalue weighted by atomic mass is 10.2. The van der Waals surface area contributed by atoms with Crippen molar-refractivity contribution in [2.75, 3.05) is 26.2 Å². The van der Waals surface area contributed by atoms with E-state index in [9.17, 15) is 13.2 Å². The van der Waals surface area contributed by atoms with Crippen molar-refractivity contribution >= 4 is 43.2 Å². The van der Waals surface area contributed by atoms with Crippen LogP contribution in [0.4, 0.5) is 0 Å². The number of hydrogen-bond acceptors (Lipinski definition) is 5. The Labute approximate surface area is 137 Å². The van der Waals surface area contributed by atoms with Crippen LogP contribution < -0.4 is 5.73 Å². The molecule has 1 aliphatic heterocycles. The molecular weight excluding hydrogens is 378 g/mol. The molecule has 118 valence electrons. The van der Waals surface area contributed by atoms with Crippen molar-refractivity contribution in [2.45, 2.75) is 23.6 Å².